The summed E-state index contributed by atoms with van der Waals surface area (Å²) in [4.78, 5) is 25.2. The number of carbonyl (C=O) groups is 2. The van der Waals surface area contributed by atoms with Gasteiger partial charge in [-0.25, -0.2) is 4.79 Å². The summed E-state index contributed by atoms with van der Waals surface area (Å²) >= 11 is 5.96. The summed E-state index contributed by atoms with van der Waals surface area (Å²) in [6, 6.07) is 15.1. The van der Waals surface area contributed by atoms with Crippen LogP contribution in [0, 0.1) is 0 Å². The number of rotatable bonds is 5. The molecule has 0 saturated carbocycles. The number of ether oxygens (including phenoxy) is 1. The van der Waals surface area contributed by atoms with Crippen molar-refractivity contribution in [1.29, 1.82) is 0 Å². The average Bonchev–Trinajstić information content (AvgIpc) is 3.08. The molecule has 1 heterocycles. The summed E-state index contributed by atoms with van der Waals surface area (Å²) < 4.78 is 5.12. The third kappa shape index (κ3) is 3.56. The monoisotopic (exact) mass is 356 g/mol. The van der Waals surface area contributed by atoms with E-state index in [-0.39, 0.29) is 18.1 Å². The summed E-state index contributed by atoms with van der Waals surface area (Å²) in [5.74, 6) is -1.20. The summed E-state index contributed by atoms with van der Waals surface area (Å²) in [5, 5.41) is 4.74. The minimum Gasteiger partial charge on any atom is -0.464 e. The molecule has 0 saturated heterocycles. The molecule has 5 nitrogen and oxygen atoms in total. The van der Waals surface area contributed by atoms with Gasteiger partial charge in [0.2, 0.25) is 5.78 Å². The lowest BCUT2D eigenvalue weighted by atomic mass is 9.85. The van der Waals surface area contributed by atoms with Crippen LogP contribution in [0.1, 0.15) is 28.8 Å². The predicted molar refractivity (Wildman–Crippen MR) is 96.0 cm³/mol. The Kier molecular flexibility index (Phi) is 5.14. The van der Waals surface area contributed by atoms with E-state index >= 15 is 0 Å². The first-order valence-corrected chi connectivity index (χ1v) is 8.34. The number of halogens is 1. The third-order valence-electron chi connectivity index (χ3n) is 3.99. The van der Waals surface area contributed by atoms with Gasteiger partial charge in [0, 0.05) is 10.6 Å². The number of hydrazone groups is 1. The predicted octanol–water partition coefficient (Wildman–Crippen LogP) is 3.20. The molecule has 2 aromatic rings. The highest BCUT2D eigenvalue weighted by atomic mass is 35.5. The van der Waals surface area contributed by atoms with Crippen LogP contribution in [0.2, 0.25) is 5.02 Å². The summed E-state index contributed by atoms with van der Waals surface area (Å²) in [7, 11) is 0. The largest absolute Gasteiger partial charge is 0.464 e. The molecule has 6 heteroatoms. The molecule has 1 aliphatic heterocycles. The number of benzene rings is 2. The van der Waals surface area contributed by atoms with Crippen LogP contribution in [0.15, 0.2) is 59.7 Å². The molecule has 0 unspecified atom stereocenters. The summed E-state index contributed by atoms with van der Waals surface area (Å²) in [6.45, 7) is 1.99. The van der Waals surface area contributed by atoms with E-state index in [0.29, 0.717) is 10.6 Å². The molecule has 2 aromatic carbocycles. The SMILES string of the molecule is CCOC(=O)[C@@H]1NN=C(C(=O)c2ccccc2)[C@@H]1c1ccc(Cl)cc1. The first-order chi connectivity index (χ1) is 12.1. The quantitative estimate of drug-likeness (QED) is 0.660. The van der Waals surface area contributed by atoms with Gasteiger partial charge in [0.05, 0.1) is 12.5 Å². The number of carbonyl (C=O) groups excluding carboxylic acids is 2. The number of esters is 1. The van der Waals surface area contributed by atoms with Gasteiger partial charge in [-0.15, -0.1) is 0 Å². The maximum atomic E-state index is 12.9. The first kappa shape index (κ1) is 17.2. The van der Waals surface area contributed by atoms with Gasteiger partial charge in [0.25, 0.3) is 0 Å². The van der Waals surface area contributed by atoms with Crippen LogP contribution in [0.25, 0.3) is 0 Å². The molecular weight excluding hydrogens is 340 g/mol. The third-order valence-corrected chi connectivity index (χ3v) is 4.24. The lowest BCUT2D eigenvalue weighted by molar-refractivity contribution is -0.145. The molecule has 0 aromatic heterocycles. The number of Topliss-reactive ketones (excluding diaryl/α,β-unsaturated/α-hetero) is 1. The molecule has 0 aliphatic carbocycles. The highest BCUT2D eigenvalue weighted by Gasteiger charge is 2.41. The maximum Gasteiger partial charge on any atom is 0.331 e. The van der Waals surface area contributed by atoms with Gasteiger partial charge in [-0.2, -0.15) is 5.10 Å². The molecule has 128 valence electrons. The van der Waals surface area contributed by atoms with Crippen LogP contribution in [-0.4, -0.2) is 30.1 Å². The van der Waals surface area contributed by atoms with Crippen molar-refractivity contribution in [1.82, 2.24) is 5.43 Å². The summed E-state index contributed by atoms with van der Waals surface area (Å²) in [5.41, 5.74) is 4.34. The number of hydrogen-bond acceptors (Lipinski definition) is 5. The molecule has 0 bridgehead atoms. The van der Waals surface area contributed by atoms with E-state index in [4.69, 9.17) is 16.3 Å². The van der Waals surface area contributed by atoms with Gasteiger partial charge < -0.3 is 4.74 Å². The second-order valence-electron chi connectivity index (χ2n) is 5.58. The Labute approximate surface area is 150 Å². The highest BCUT2D eigenvalue weighted by Crippen LogP contribution is 2.29. The van der Waals surface area contributed by atoms with Gasteiger partial charge >= 0.3 is 5.97 Å². The maximum absolute atomic E-state index is 12.9. The zero-order valence-corrected chi connectivity index (χ0v) is 14.4. The molecule has 25 heavy (non-hydrogen) atoms. The Morgan fingerprint density at radius 2 is 1.80 bits per heavy atom. The molecule has 0 spiro atoms. The van der Waals surface area contributed by atoms with Crippen LogP contribution < -0.4 is 5.43 Å². The van der Waals surface area contributed by atoms with E-state index in [9.17, 15) is 9.59 Å². The molecule has 1 N–H and O–H groups in total. The van der Waals surface area contributed by atoms with Crippen molar-refractivity contribution in [2.45, 2.75) is 18.9 Å². The van der Waals surface area contributed by atoms with E-state index < -0.39 is 17.9 Å². The Bertz CT molecular complexity index is 803. The lowest BCUT2D eigenvalue weighted by Crippen LogP contribution is -2.38. The van der Waals surface area contributed by atoms with Crippen molar-refractivity contribution in [3.63, 3.8) is 0 Å². The lowest BCUT2D eigenvalue weighted by Gasteiger charge is -2.19. The fourth-order valence-corrected chi connectivity index (χ4v) is 2.94. The van der Waals surface area contributed by atoms with E-state index in [1.54, 1.807) is 55.5 Å². The molecule has 0 amide bonds. The standard InChI is InChI=1S/C19H17ClN2O3/c1-2-25-19(24)17-15(12-8-10-14(20)11-9-12)16(21-22-17)18(23)13-6-4-3-5-7-13/h3-11,15,17,22H,2H2,1H3/t15-,17+/m0/s1. The van der Waals surface area contributed by atoms with Gasteiger partial charge in [0.15, 0.2) is 6.04 Å². The van der Waals surface area contributed by atoms with Gasteiger partial charge in [-0.3, -0.25) is 10.2 Å². The first-order valence-electron chi connectivity index (χ1n) is 7.96. The fourth-order valence-electron chi connectivity index (χ4n) is 2.81. The van der Waals surface area contributed by atoms with Crippen LogP contribution in [0.4, 0.5) is 0 Å². The summed E-state index contributed by atoms with van der Waals surface area (Å²) in [6.07, 6.45) is 0. The number of ketones is 1. The van der Waals surface area contributed by atoms with Crippen molar-refractivity contribution in [2.75, 3.05) is 6.61 Å². The smallest absolute Gasteiger partial charge is 0.331 e. The van der Waals surface area contributed by atoms with E-state index in [2.05, 4.69) is 10.5 Å². The van der Waals surface area contributed by atoms with Gasteiger partial charge in [-0.1, -0.05) is 54.1 Å². The van der Waals surface area contributed by atoms with Crippen molar-refractivity contribution in [3.05, 3.63) is 70.7 Å². The van der Waals surface area contributed by atoms with Crippen LogP contribution in [0.3, 0.4) is 0 Å². The van der Waals surface area contributed by atoms with Crippen molar-refractivity contribution in [3.8, 4) is 0 Å². The fraction of sp³-hybridized carbons (Fsp3) is 0.211. The Morgan fingerprint density at radius 3 is 2.44 bits per heavy atom. The van der Waals surface area contributed by atoms with Crippen LogP contribution >= 0.6 is 11.6 Å². The zero-order chi connectivity index (χ0) is 17.8. The Hall–Kier alpha value is -2.66. The Morgan fingerprint density at radius 1 is 1.12 bits per heavy atom. The molecule has 3 rings (SSSR count). The zero-order valence-electron chi connectivity index (χ0n) is 13.6. The number of nitrogens with zero attached hydrogens (tertiary/aromatic N) is 1. The second-order valence-corrected chi connectivity index (χ2v) is 6.02. The van der Waals surface area contributed by atoms with E-state index in [1.165, 1.54) is 0 Å². The molecule has 2 atom stereocenters. The average molecular weight is 357 g/mol. The molecule has 0 radical (unpaired) electrons. The van der Waals surface area contributed by atoms with Crippen molar-refractivity contribution in [2.24, 2.45) is 5.10 Å². The van der Waals surface area contributed by atoms with Gasteiger partial charge in [0.1, 0.15) is 5.71 Å². The Balaban J connectivity index is 1.97. The van der Waals surface area contributed by atoms with E-state index in [1.807, 2.05) is 6.07 Å². The number of hydrogen-bond donors (Lipinski definition) is 1. The van der Waals surface area contributed by atoms with E-state index in [0.717, 1.165) is 5.56 Å². The minimum atomic E-state index is -0.746. The van der Waals surface area contributed by atoms with Crippen LogP contribution in [-0.2, 0) is 9.53 Å². The normalized spacial score (nSPS) is 19.0. The van der Waals surface area contributed by atoms with Crippen LogP contribution in [0.5, 0.6) is 0 Å². The highest BCUT2D eigenvalue weighted by molar-refractivity contribution is 6.48. The molecular formula is C19H17ClN2O3. The molecule has 0 fully saturated rings. The molecule has 1 aliphatic rings. The van der Waals surface area contributed by atoms with Crippen molar-refractivity contribution < 1.29 is 14.3 Å². The second kappa shape index (κ2) is 7.49. The van der Waals surface area contributed by atoms with Gasteiger partial charge in [-0.05, 0) is 24.6 Å². The topological polar surface area (TPSA) is 67.8 Å². The van der Waals surface area contributed by atoms with Crippen molar-refractivity contribution >= 4 is 29.1 Å². The minimum absolute atomic E-state index is 0.222. The number of nitrogens with one attached hydrogen (secondary N) is 1.